The molecule has 1 heterocycles. The van der Waals surface area contributed by atoms with Gasteiger partial charge in [0.2, 0.25) is 5.43 Å². The van der Waals surface area contributed by atoms with Crippen LogP contribution in [0.25, 0.3) is 11.1 Å². The van der Waals surface area contributed by atoms with Crippen LogP contribution in [0.5, 0.6) is 5.75 Å². The monoisotopic (exact) mass is 334 g/mol. The maximum Gasteiger partial charge on any atom is 0.265 e. The van der Waals surface area contributed by atoms with Crippen molar-refractivity contribution in [3.8, 4) is 16.9 Å². The van der Waals surface area contributed by atoms with E-state index in [-0.39, 0.29) is 17.0 Å². The molecule has 1 aromatic heterocycles. The van der Waals surface area contributed by atoms with Crippen molar-refractivity contribution >= 4 is 11.6 Å². The molecule has 0 aliphatic carbocycles. The van der Waals surface area contributed by atoms with Crippen LogP contribution in [0.4, 0.5) is 5.69 Å². The van der Waals surface area contributed by atoms with Gasteiger partial charge in [0.05, 0.1) is 0 Å². The Bertz CT molecular complexity index is 902. The molecule has 5 heteroatoms. The summed E-state index contributed by atoms with van der Waals surface area (Å²) in [6.45, 7) is 1.64. The average Bonchev–Trinajstić information content (AvgIpc) is 2.65. The highest BCUT2D eigenvalue weighted by Gasteiger charge is 2.16. The molecule has 0 saturated heterocycles. The van der Waals surface area contributed by atoms with Gasteiger partial charge in [-0.05, 0) is 30.2 Å². The number of carbonyl (C=O) groups is 1. The van der Waals surface area contributed by atoms with Crippen LogP contribution >= 0.6 is 0 Å². The third-order valence-electron chi connectivity index (χ3n) is 3.73. The Hall–Kier alpha value is -3.34. The van der Waals surface area contributed by atoms with Gasteiger partial charge in [-0.2, -0.15) is 0 Å². The molecular weight excluding hydrogens is 316 g/mol. The normalized spacial score (nSPS) is 11.6. The van der Waals surface area contributed by atoms with Crippen LogP contribution in [-0.4, -0.2) is 17.0 Å². The van der Waals surface area contributed by atoms with E-state index in [9.17, 15) is 9.59 Å². The van der Waals surface area contributed by atoms with Gasteiger partial charge in [-0.15, -0.1) is 0 Å². The quantitative estimate of drug-likeness (QED) is 0.751. The van der Waals surface area contributed by atoms with Gasteiger partial charge in [0, 0.05) is 18.5 Å². The van der Waals surface area contributed by atoms with Crippen molar-refractivity contribution in [2.75, 3.05) is 5.32 Å². The molecule has 0 saturated carbocycles. The van der Waals surface area contributed by atoms with E-state index in [4.69, 9.17) is 4.74 Å². The molecular formula is C20H18N2O3. The van der Waals surface area contributed by atoms with Crippen molar-refractivity contribution < 1.29 is 9.53 Å². The van der Waals surface area contributed by atoms with Crippen LogP contribution in [0.2, 0.25) is 0 Å². The zero-order valence-electron chi connectivity index (χ0n) is 13.7. The molecule has 2 N–H and O–H groups in total. The number of pyridine rings is 1. The molecule has 1 amide bonds. The lowest BCUT2D eigenvalue weighted by molar-refractivity contribution is -0.122. The summed E-state index contributed by atoms with van der Waals surface area (Å²) in [6, 6.07) is 18.9. The Balaban J connectivity index is 1.64. The fourth-order valence-electron chi connectivity index (χ4n) is 2.36. The molecule has 0 aliphatic heterocycles. The lowest BCUT2D eigenvalue weighted by Gasteiger charge is -2.14. The Morgan fingerprint density at radius 3 is 2.36 bits per heavy atom. The van der Waals surface area contributed by atoms with E-state index in [2.05, 4.69) is 10.3 Å². The number of rotatable bonds is 5. The second-order valence-corrected chi connectivity index (χ2v) is 5.56. The lowest BCUT2D eigenvalue weighted by atomic mass is 10.1. The highest BCUT2D eigenvalue weighted by atomic mass is 16.5. The topological polar surface area (TPSA) is 71.2 Å². The predicted octanol–water partition coefficient (Wildman–Crippen LogP) is 3.45. The lowest BCUT2D eigenvalue weighted by Crippen LogP contribution is -2.31. The van der Waals surface area contributed by atoms with Crippen LogP contribution < -0.4 is 15.5 Å². The van der Waals surface area contributed by atoms with Crippen molar-refractivity contribution in [3.05, 3.63) is 83.3 Å². The zero-order valence-corrected chi connectivity index (χ0v) is 13.7. The number of nitrogens with one attached hydrogen (secondary N) is 2. The van der Waals surface area contributed by atoms with E-state index < -0.39 is 6.10 Å². The number of hydrogen-bond acceptors (Lipinski definition) is 3. The smallest absolute Gasteiger partial charge is 0.265 e. The number of aromatic nitrogens is 1. The molecule has 3 rings (SSSR count). The molecule has 2 aromatic carbocycles. The molecule has 3 aromatic rings. The predicted molar refractivity (Wildman–Crippen MR) is 97.7 cm³/mol. The fourth-order valence-corrected chi connectivity index (χ4v) is 2.36. The number of carbonyl (C=O) groups excluding carboxylic acids is 1. The largest absolute Gasteiger partial charge is 0.481 e. The van der Waals surface area contributed by atoms with Gasteiger partial charge >= 0.3 is 0 Å². The second-order valence-electron chi connectivity index (χ2n) is 5.56. The van der Waals surface area contributed by atoms with Gasteiger partial charge in [-0.1, -0.05) is 42.5 Å². The van der Waals surface area contributed by atoms with Crippen LogP contribution in [0.1, 0.15) is 6.92 Å². The molecule has 5 nitrogen and oxygen atoms in total. The number of anilines is 1. The molecule has 0 unspecified atom stereocenters. The van der Waals surface area contributed by atoms with Crippen molar-refractivity contribution in [2.45, 2.75) is 13.0 Å². The third-order valence-corrected chi connectivity index (χ3v) is 3.73. The summed E-state index contributed by atoms with van der Waals surface area (Å²) < 4.78 is 5.65. The molecule has 126 valence electrons. The minimum Gasteiger partial charge on any atom is -0.481 e. The molecule has 25 heavy (non-hydrogen) atoms. The number of ether oxygens (including phenoxy) is 1. The number of hydrogen-bond donors (Lipinski definition) is 2. The standard InChI is InChI=1S/C20H18N2O3/c1-14(20(24)22-18-13-21-12-11-19(18)23)25-17-9-7-16(8-10-17)15-5-3-2-4-6-15/h2-14H,1H3,(H,21,23)(H,22,24)/t14-/m1/s1. The second kappa shape index (κ2) is 7.49. The first-order valence-electron chi connectivity index (χ1n) is 7.93. The number of H-pyrrole nitrogens is 1. The molecule has 0 radical (unpaired) electrons. The van der Waals surface area contributed by atoms with E-state index in [1.54, 1.807) is 6.92 Å². The van der Waals surface area contributed by atoms with E-state index >= 15 is 0 Å². The first-order chi connectivity index (χ1) is 12.1. The number of aromatic amines is 1. The van der Waals surface area contributed by atoms with Crippen molar-refractivity contribution in [1.82, 2.24) is 4.98 Å². The SMILES string of the molecule is C[C@@H](Oc1ccc(-c2ccccc2)cc1)C(=O)Nc1c[nH]ccc1=O. The molecule has 1 atom stereocenters. The molecule has 0 fully saturated rings. The Morgan fingerprint density at radius 2 is 1.68 bits per heavy atom. The highest BCUT2D eigenvalue weighted by molar-refractivity contribution is 5.93. The van der Waals surface area contributed by atoms with E-state index in [1.807, 2.05) is 54.6 Å². The van der Waals surface area contributed by atoms with Crippen molar-refractivity contribution in [3.63, 3.8) is 0 Å². The Kier molecular flexibility index (Phi) is 4.95. The molecule has 0 bridgehead atoms. The molecule has 0 aliphatic rings. The van der Waals surface area contributed by atoms with Gasteiger partial charge in [0.25, 0.3) is 5.91 Å². The maximum absolute atomic E-state index is 12.2. The zero-order chi connectivity index (χ0) is 17.6. The first kappa shape index (κ1) is 16.5. The maximum atomic E-state index is 12.2. The minimum atomic E-state index is -0.734. The van der Waals surface area contributed by atoms with E-state index in [0.29, 0.717) is 5.75 Å². The average molecular weight is 334 g/mol. The summed E-state index contributed by atoms with van der Waals surface area (Å²) in [5, 5.41) is 2.56. The van der Waals surface area contributed by atoms with Gasteiger partial charge in [0.1, 0.15) is 11.4 Å². The summed E-state index contributed by atoms with van der Waals surface area (Å²) >= 11 is 0. The van der Waals surface area contributed by atoms with Crippen molar-refractivity contribution in [1.29, 1.82) is 0 Å². The van der Waals surface area contributed by atoms with Gasteiger partial charge in [-0.25, -0.2) is 0 Å². The summed E-state index contributed by atoms with van der Waals surface area (Å²) in [4.78, 5) is 26.6. The Labute approximate surface area is 145 Å². The van der Waals surface area contributed by atoms with Gasteiger partial charge < -0.3 is 15.0 Å². The van der Waals surface area contributed by atoms with Crippen LogP contribution in [-0.2, 0) is 4.79 Å². The van der Waals surface area contributed by atoms with Crippen LogP contribution in [0.3, 0.4) is 0 Å². The van der Waals surface area contributed by atoms with E-state index in [0.717, 1.165) is 11.1 Å². The third kappa shape index (κ3) is 4.14. The van der Waals surface area contributed by atoms with E-state index in [1.165, 1.54) is 18.5 Å². The summed E-state index contributed by atoms with van der Waals surface area (Å²) in [5.41, 5.74) is 2.12. The van der Waals surface area contributed by atoms with Crippen LogP contribution in [0, 0.1) is 0 Å². The fraction of sp³-hybridized carbons (Fsp3) is 0.100. The van der Waals surface area contributed by atoms with Gasteiger partial charge in [0.15, 0.2) is 6.10 Å². The summed E-state index contributed by atoms with van der Waals surface area (Å²) in [5.74, 6) is 0.202. The highest BCUT2D eigenvalue weighted by Crippen LogP contribution is 2.22. The summed E-state index contributed by atoms with van der Waals surface area (Å²) in [7, 11) is 0. The number of amides is 1. The van der Waals surface area contributed by atoms with Gasteiger partial charge in [-0.3, -0.25) is 9.59 Å². The van der Waals surface area contributed by atoms with Crippen LogP contribution in [0.15, 0.2) is 77.9 Å². The molecule has 0 spiro atoms. The Morgan fingerprint density at radius 1 is 1.00 bits per heavy atom. The van der Waals surface area contributed by atoms with Crippen molar-refractivity contribution in [2.24, 2.45) is 0 Å². The number of benzene rings is 2. The summed E-state index contributed by atoms with van der Waals surface area (Å²) in [6.07, 6.45) is 2.22. The minimum absolute atomic E-state index is 0.197. The first-order valence-corrected chi connectivity index (χ1v) is 7.93.